The molecule has 0 spiro atoms. The summed E-state index contributed by atoms with van der Waals surface area (Å²) in [6, 6.07) is 0. The Kier molecular flexibility index (Phi) is 6.16. The van der Waals surface area contributed by atoms with Gasteiger partial charge in [-0.25, -0.2) is 0 Å². The van der Waals surface area contributed by atoms with E-state index in [1.54, 1.807) is 16.7 Å². The SMILES string of the molecule is CCCNCC1CCCN(S(=O)(=O)NCc2cn[nH]c2)C1. The molecule has 2 heterocycles. The molecule has 1 aromatic rings. The number of hydrogen-bond donors (Lipinski definition) is 3. The predicted octanol–water partition coefficient (Wildman–Crippen LogP) is 0.456. The molecule has 0 amide bonds. The van der Waals surface area contributed by atoms with Crippen LogP contribution in [0.2, 0.25) is 0 Å². The first-order valence-electron chi connectivity index (χ1n) is 7.55. The normalized spacial score (nSPS) is 20.7. The lowest BCUT2D eigenvalue weighted by Crippen LogP contribution is -2.47. The van der Waals surface area contributed by atoms with Crippen LogP contribution in [0.15, 0.2) is 12.4 Å². The summed E-state index contributed by atoms with van der Waals surface area (Å²) >= 11 is 0. The predicted molar refractivity (Wildman–Crippen MR) is 81.8 cm³/mol. The van der Waals surface area contributed by atoms with Crippen molar-refractivity contribution in [2.24, 2.45) is 5.92 Å². The Labute approximate surface area is 126 Å². The molecule has 7 nitrogen and oxygen atoms in total. The van der Waals surface area contributed by atoms with Crippen LogP contribution in [0.3, 0.4) is 0 Å². The van der Waals surface area contributed by atoms with Crippen molar-refractivity contribution in [1.82, 2.24) is 24.5 Å². The van der Waals surface area contributed by atoms with Gasteiger partial charge >= 0.3 is 0 Å². The monoisotopic (exact) mass is 315 g/mol. The first kappa shape index (κ1) is 16.4. The zero-order valence-electron chi connectivity index (χ0n) is 12.5. The molecule has 0 aromatic carbocycles. The van der Waals surface area contributed by atoms with Crippen molar-refractivity contribution in [2.75, 3.05) is 26.2 Å². The fraction of sp³-hybridized carbons (Fsp3) is 0.769. The molecule has 1 aromatic heterocycles. The highest BCUT2D eigenvalue weighted by atomic mass is 32.2. The first-order chi connectivity index (χ1) is 10.1. The molecule has 0 saturated carbocycles. The Morgan fingerprint density at radius 1 is 1.52 bits per heavy atom. The van der Waals surface area contributed by atoms with E-state index in [0.717, 1.165) is 37.9 Å². The van der Waals surface area contributed by atoms with Gasteiger partial charge in [0.05, 0.1) is 6.20 Å². The lowest BCUT2D eigenvalue weighted by atomic mass is 10.00. The number of nitrogens with zero attached hydrogens (tertiary/aromatic N) is 2. The van der Waals surface area contributed by atoms with Crippen LogP contribution in [0.25, 0.3) is 0 Å². The maximum absolute atomic E-state index is 12.3. The van der Waals surface area contributed by atoms with Gasteiger partial charge in [-0.15, -0.1) is 0 Å². The highest BCUT2D eigenvalue weighted by Crippen LogP contribution is 2.18. The van der Waals surface area contributed by atoms with E-state index in [1.807, 2.05) is 0 Å². The Morgan fingerprint density at radius 2 is 2.38 bits per heavy atom. The number of aromatic nitrogens is 2. The summed E-state index contributed by atoms with van der Waals surface area (Å²) in [6.45, 7) is 5.48. The lowest BCUT2D eigenvalue weighted by molar-refractivity contribution is 0.258. The summed E-state index contributed by atoms with van der Waals surface area (Å²) in [6.07, 6.45) is 6.42. The van der Waals surface area contributed by atoms with Crippen LogP contribution >= 0.6 is 0 Å². The van der Waals surface area contributed by atoms with Gasteiger partial charge in [-0.3, -0.25) is 5.10 Å². The molecule has 1 aliphatic heterocycles. The minimum atomic E-state index is -3.41. The topological polar surface area (TPSA) is 90.1 Å². The summed E-state index contributed by atoms with van der Waals surface area (Å²) in [7, 11) is -3.41. The van der Waals surface area contributed by atoms with E-state index in [-0.39, 0.29) is 6.54 Å². The molecule has 0 radical (unpaired) electrons. The Hall–Kier alpha value is -0.960. The molecular weight excluding hydrogens is 290 g/mol. The lowest BCUT2D eigenvalue weighted by Gasteiger charge is -2.32. The molecule has 1 fully saturated rings. The van der Waals surface area contributed by atoms with Crippen molar-refractivity contribution in [2.45, 2.75) is 32.7 Å². The molecule has 0 aliphatic carbocycles. The van der Waals surface area contributed by atoms with Gasteiger partial charge in [0.25, 0.3) is 10.2 Å². The molecule has 1 aliphatic rings. The highest BCUT2D eigenvalue weighted by Gasteiger charge is 2.28. The Morgan fingerprint density at radius 3 is 3.10 bits per heavy atom. The minimum Gasteiger partial charge on any atom is -0.316 e. The summed E-state index contributed by atoms with van der Waals surface area (Å²) in [5.74, 6) is 0.399. The van der Waals surface area contributed by atoms with E-state index >= 15 is 0 Å². The smallest absolute Gasteiger partial charge is 0.279 e. The molecule has 21 heavy (non-hydrogen) atoms. The number of nitrogens with one attached hydrogen (secondary N) is 3. The van der Waals surface area contributed by atoms with Crippen LogP contribution in [0.1, 0.15) is 31.7 Å². The molecule has 8 heteroatoms. The zero-order valence-corrected chi connectivity index (χ0v) is 13.3. The van der Waals surface area contributed by atoms with Gasteiger partial charge in [0.2, 0.25) is 0 Å². The van der Waals surface area contributed by atoms with Crippen molar-refractivity contribution in [3.8, 4) is 0 Å². The average molecular weight is 315 g/mol. The van der Waals surface area contributed by atoms with Crippen molar-refractivity contribution in [3.63, 3.8) is 0 Å². The van der Waals surface area contributed by atoms with E-state index in [4.69, 9.17) is 0 Å². The van der Waals surface area contributed by atoms with E-state index < -0.39 is 10.2 Å². The second kappa shape index (κ2) is 7.88. The molecule has 0 bridgehead atoms. The summed E-state index contributed by atoms with van der Waals surface area (Å²) in [5, 5.41) is 9.86. The highest BCUT2D eigenvalue weighted by molar-refractivity contribution is 7.87. The number of piperidine rings is 1. The Bertz CT molecular complexity index is 503. The van der Waals surface area contributed by atoms with Gasteiger partial charge < -0.3 is 5.32 Å². The van der Waals surface area contributed by atoms with Gasteiger partial charge in [0.15, 0.2) is 0 Å². The average Bonchev–Trinajstić information content (AvgIpc) is 2.99. The van der Waals surface area contributed by atoms with Crippen LogP contribution < -0.4 is 10.0 Å². The van der Waals surface area contributed by atoms with Crippen LogP contribution in [-0.4, -0.2) is 49.1 Å². The van der Waals surface area contributed by atoms with Gasteiger partial charge in [-0.05, 0) is 38.3 Å². The van der Waals surface area contributed by atoms with E-state index in [0.29, 0.717) is 19.0 Å². The molecule has 1 atom stereocenters. The number of hydrogen-bond acceptors (Lipinski definition) is 4. The number of H-pyrrole nitrogens is 1. The van der Waals surface area contributed by atoms with E-state index in [9.17, 15) is 8.42 Å². The van der Waals surface area contributed by atoms with Gasteiger partial charge in [0.1, 0.15) is 0 Å². The van der Waals surface area contributed by atoms with Crippen molar-refractivity contribution < 1.29 is 8.42 Å². The van der Waals surface area contributed by atoms with Gasteiger partial charge in [-0.2, -0.15) is 22.5 Å². The van der Waals surface area contributed by atoms with Crippen LogP contribution in [0, 0.1) is 5.92 Å². The second-order valence-corrected chi connectivity index (χ2v) is 7.26. The van der Waals surface area contributed by atoms with Crippen LogP contribution in [0.4, 0.5) is 0 Å². The fourth-order valence-electron chi connectivity index (χ4n) is 2.53. The quantitative estimate of drug-likeness (QED) is 0.608. The van der Waals surface area contributed by atoms with E-state index in [1.165, 1.54) is 0 Å². The molecule has 1 saturated heterocycles. The summed E-state index contributed by atoms with van der Waals surface area (Å²) in [5.41, 5.74) is 0.830. The molecule has 120 valence electrons. The maximum atomic E-state index is 12.3. The molecule has 2 rings (SSSR count). The third-order valence-electron chi connectivity index (χ3n) is 3.69. The third kappa shape index (κ3) is 5.06. The zero-order chi connectivity index (χ0) is 15.1. The molecule has 3 N–H and O–H groups in total. The minimum absolute atomic E-state index is 0.272. The summed E-state index contributed by atoms with van der Waals surface area (Å²) in [4.78, 5) is 0. The van der Waals surface area contributed by atoms with Crippen LogP contribution in [0.5, 0.6) is 0 Å². The van der Waals surface area contributed by atoms with Gasteiger partial charge in [-0.1, -0.05) is 6.92 Å². The summed E-state index contributed by atoms with van der Waals surface area (Å²) < 4.78 is 28.8. The third-order valence-corrected chi connectivity index (χ3v) is 5.22. The second-order valence-electron chi connectivity index (χ2n) is 5.50. The van der Waals surface area contributed by atoms with E-state index in [2.05, 4.69) is 27.2 Å². The van der Waals surface area contributed by atoms with Gasteiger partial charge in [0, 0.05) is 31.4 Å². The van der Waals surface area contributed by atoms with Crippen molar-refractivity contribution in [1.29, 1.82) is 0 Å². The van der Waals surface area contributed by atoms with Crippen LogP contribution in [-0.2, 0) is 16.8 Å². The Balaban J connectivity index is 1.83. The molecular formula is C13H25N5O2S. The van der Waals surface area contributed by atoms with Crippen molar-refractivity contribution >= 4 is 10.2 Å². The molecule has 1 unspecified atom stereocenters. The number of rotatable bonds is 8. The standard InChI is InChI=1S/C13H25N5O2S/c1-2-5-14-7-12-4-3-6-18(11-12)21(19,20)17-10-13-8-15-16-9-13/h8-9,12,14,17H,2-7,10-11H2,1H3,(H,15,16). The first-order valence-corrected chi connectivity index (χ1v) is 8.99. The maximum Gasteiger partial charge on any atom is 0.279 e. The van der Waals surface area contributed by atoms with Crippen molar-refractivity contribution in [3.05, 3.63) is 18.0 Å². The fourth-order valence-corrected chi connectivity index (χ4v) is 3.84. The number of aromatic amines is 1. The largest absolute Gasteiger partial charge is 0.316 e.